The van der Waals surface area contributed by atoms with Gasteiger partial charge in [0, 0.05) is 18.3 Å². The number of aromatic nitrogens is 3. The molecule has 0 unspecified atom stereocenters. The van der Waals surface area contributed by atoms with Crippen molar-refractivity contribution < 1.29 is 0 Å². The molecule has 104 valence electrons. The van der Waals surface area contributed by atoms with E-state index in [1.54, 1.807) is 11.8 Å². The van der Waals surface area contributed by atoms with Crippen LogP contribution in [0.15, 0.2) is 5.16 Å². The minimum absolute atomic E-state index is 0.470. The average Bonchev–Trinajstić information content (AvgIpc) is 3.11. The second kappa shape index (κ2) is 5.92. The summed E-state index contributed by atoms with van der Waals surface area (Å²) >= 11 is 1.77. The third-order valence-corrected chi connectivity index (χ3v) is 4.89. The van der Waals surface area contributed by atoms with Crippen molar-refractivity contribution in [1.82, 2.24) is 15.0 Å². The van der Waals surface area contributed by atoms with Crippen LogP contribution in [0, 0.1) is 0 Å². The largest absolute Gasteiger partial charge is 0.341 e. The van der Waals surface area contributed by atoms with E-state index in [1.807, 2.05) is 0 Å². The Hall–Kier alpha value is -1.08. The van der Waals surface area contributed by atoms with Crippen molar-refractivity contribution in [3.8, 4) is 0 Å². The first-order valence-electron chi connectivity index (χ1n) is 6.99. The van der Waals surface area contributed by atoms with Crippen LogP contribution in [-0.2, 0) is 0 Å². The first-order chi connectivity index (χ1) is 9.35. The molecule has 3 N–H and O–H groups in total. The van der Waals surface area contributed by atoms with Gasteiger partial charge in [-0.3, -0.25) is 5.43 Å². The lowest BCUT2D eigenvalue weighted by Gasteiger charge is -2.16. The van der Waals surface area contributed by atoms with Gasteiger partial charge in [-0.2, -0.15) is 15.0 Å². The molecule has 0 radical (unpaired) electrons. The van der Waals surface area contributed by atoms with Crippen molar-refractivity contribution in [3.63, 3.8) is 0 Å². The second-order valence-electron chi connectivity index (χ2n) is 5.10. The lowest BCUT2D eigenvalue weighted by atomic mass is 10.4. The summed E-state index contributed by atoms with van der Waals surface area (Å²) < 4.78 is 0. The number of nitrogen functional groups attached to an aromatic ring is 1. The van der Waals surface area contributed by atoms with E-state index in [0.29, 0.717) is 11.2 Å². The maximum absolute atomic E-state index is 5.46. The molecule has 1 aliphatic carbocycles. The van der Waals surface area contributed by atoms with E-state index in [9.17, 15) is 0 Å². The van der Waals surface area contributed by atoms with Gasteiger partial charge in [-0.05, 0) is 25.7 Å². The Morgan fingerprint density at radius 1 is 1.05 bits per heavy atom. The Labute approximate surface area is 117 Å². The van der Waals surface area contributed by atoms with Crippen LogP contribution >= 0.6 is 11.8 Å². The van der Waals surface area contributed by atoms with Crippen LogP contribution in [-0.4, -0.2) is 33.3 Å². The monoisotopic (exact) mass is 280 g/mol. The van der Waals surface area contributed by atoms with Gasteiger partial charge in [0.1, 0.15) is 0 Å². The number of anilines is 2. The van der Waals surface area contributed by atoms with Crippen LogP contribution in [0.3, 0.4) is 0 Å². The highest BCUT2D eigenvalue weighted by Gasteiger charge is 2.21. The first-order valence-corrected chi connectivity index (χ1v) is 7.87. The fraction of sp³-hybridized carbons (Fsp3) is 0.750. The highest BCUT2D eigenvalue weighted by molar-refractivity contribution is 7.99. The normalized spacial score (nSPS) is 20.2. The van der Waals surface area contributed by atoms with Crippen LogP contribution in [0.2, 0.25) is 0 Å². The zero-order chi connectivity index (χ0) is 13.1. The van der Waals surface area contributed by atoms with Crippen molar-refractivity contribution in [2.45, 2.75) is 48.9 Å². The van der Waals surface area contributed by atoms with Crippen molar-refractivity contribution >= 4 is 23.7 Å². The molecule has 0 amide bonds. The zero-order valence-corrected chi connectivity index (χ0v) is 11.8. The van der Waals surface area contributed by atoms with Crippen LogP contribution in [0.4, 0.5) is 11.9 Å². The van der Waals surface area contributed by atoms with Gasteiger partial charge in [0.25, 0.3) is 0 Å². The van der Waals surface area contributed by atoms with E-state index < -0.39 is 0 Å². The molecular formula is C12H20N6S. The fourth-order valence-electron chi connectivity index (χ4n) is 2.68. The molecule has 1 aromatic heterocycles. The van der Waals surface area contributed by atoms with Gasteiger partial charge in [-0.15, -0.1) is 0 Å². The summed E-state index contributed by atoms with van der Waals surface area (Å²) in [6.45, 7) is 2.06. The Morgan fingerprint density at radius 3 is 2.47 bits per heavy atom. The molecule has 1 aliphatic heterocycles. The minimum atomic E-state index is 0.470. The van der Waals surface area contributed by atoms with E-state index in [0.717, 1.165) is 24.2 Å². The number of thioether (sulfide) groups is 1. The number of nitrogens with one attached hydrogen (secondary N) is 1. The number of nitrogens with two attached hydrogens (primary N) is 1. The third kappa shape index (κ3) is 3.09. The third-order valence-electron chi connectivity index (χ3n) is 3.70. The summed E-state index contributed by atoms with van der Waals surface area (Å²) in [4.78, 5) is 15.5. The standard InChI is InChI=1S/C12H20N6S/c13-17-10-14-11(18-7-3-4-8-18)16-12(15-10)19-9-5-1-2-6-9/h9H,1-8,13H2,(H,14,15,16,17). The summed E-state index contributed by atoms with van der Waals surface area (Å²) in [7, 11) is 0. The van der Waals surface area contributed by atoms with Crippen molar-refractivity contribution in [2.24, 2.45) is 5.84 Å². The molecule has 7 heteroatoms. The molecule has 19 heavy (non-hydrogen) atoms. The predicted octanol–water partition coefficient (Wildman–Crippen LogP) is 1.79. The molecule has 1 saturated carbocycles. The van der Waals surface area contributed by atoms with E-state index in [-0.39, 0.29) is 0 Å². The van der Waals surface area contributed by atoms with Crippen LogP contribution in [0.1, 0.15) is 38.5 Å². The Bertz CT molecular complexity index is 428. The summed E-state index contributed by atoms with van der Waals surface area (Å²) in [6, 6.07) is 0. The SMILES string of the molecule is NNc1nc(SC2CCCC2)nc(N2CCCC2)n1. The minimum Gasteiger partial charge on any atom is -0.341 e. The van der Waals surface area contributed by atoms with Gasteiger partial charge >= 0.3 is 0 Å². The Morgan fingerprint density at radius 2 is 1.79 bits per heavy atom. The van der Waals surface area contributed by atoms with Crippen LogP contribution < -0.4 is 16.2 Å². The van der Waals surface area contributed by atoms with E-state index in [1.165, 1.54) is 38.5 Å². The number of hydrogen-bond donors (Lipinski definition) is 2. The molecule has 2 aliphatic rings. The summed E-state index contributed by atoms with van der Waals surface area (Å²) in [5.41, 5.74) is 2.55. The highest BCUT2D eigenvalue weighted by Crippen LogP contribution is 2.33. The van der Waals surface area contributed by atoms with E-state index in [4.69, 9.17) is 5.84 Å². The molecule has 3 rings (SSSR count). The maximum atomic E-state index is 5.46. The van der Waals surface area contributed by atoms with Crippen LogP contribution in [0.5, 0.6) is 0 Å². The number of nitrogens with zero attached hydrogens (tertiary/aromatic N) is 4. The molecule has 0 bridgehead atoms. The number of rotatable bonds is 4. The molecule has 6 nitrogen and oxygen atoms in total. The van der Waals surface area contributed by atoms with Gasteiger partial charge in [0.15, 0.2) is 5.16 Å². The lowest BCUT2D eigenvalue weighted by molar-refractivity contribution is 0.818. The quantitative estimate of drug-likeness (QED) is 0.643. The lowest BCUT2D eigenvalue weighted by Crippen LogP contribution is -2.22. The molecule has 1 saturated heterocycles. The van der Waals surface area contributed by atoms with Gasteiger partial charge in [0.05, 0.1) is 0 Å². The number of hydrogen-bond acceptors (Lipinski definition) is 7. The topological polar surface area (TPSA) is 80.0 Å². The Kier molecular flexibility index (Phi) is 4.03. The molecule has 2 heterocycles. The second-order valence-corrected chi connectivity index (χ2v) is 6.37. The number of hydrazine groups is 1. The van der Waals surface area contributed by atoms with E-state index >= 15 is 0 Å². The first kappa shape index (κ1) is 12.9. The molecule has 2 fully saturated rings. The summed E-state index contributed by atoms with van der Waals surface area (Å²) in [5, 5.41) is 1.45. The van der Waals surface area contributed by atoms with Gasteiger partial charge in [-0.1, -0.05) is 24.6 Å². The zero-order valence-electron chi connectivity index (χ0n) is 11.0. The molecule has 0 spiro atoms. The average molecular weight is 280 g/mol. The van der Waals surface area contributed by atoms with Crippen LogP contribution in [0.25, 0.3) is 0 Å². The Balaban J connectivity index is 1.79. The summed E-state index contributed by atoms with van der Waals surface area (Å²) in [6.07, 6.45) is 7.60. The molecule has 1 aromatic rings. The van der Waals surface area contributed by atoms with Gasteiger partial charge in [-0.25, -0.2) is 5.84 Å². The smallest absolute Gasteiger partial charge is 0.242 e. The molecular weight excluding hydrogens is 260 g/mol. The predicted molar refractivity (Wildman–Crippen MR) is 77.2 cm³/mol. The molecule has 0 atom stereocenters. The summed E-state index contributed by atoms with van der Waals surface area (Å²) in [5.74, 6) is 6.70. The van der Waals surface area contributed by atoms with Gasteiger partial charge < -0.3 is 4.90 Å². The molecule has 0 aromatic carbocycles. The van der Waals surface area contributed by atoms with Crippen molar-refractivity contribution in [1.29, 1.82) is 0 Å². The van der Waals surface area contributed by atoms with Crippen molar-refractivity contribution in [3.05, 3.63) is 0 Å². The fourth-order valence-corrected chi connectivity index (χ4v) is 3.82. The van der Waals surface area contributed by atoms with E-state index in [2.05, 4.69) is 25.3 Å². The maximum Gasteiger partial charge on any atom is 0.242 e. The highest BCUT2D eigenvalue weighted by atomic mass is 32.2. The van der Waals surface area contributed by atoms with Gasteiger partial charge in [0.2, 0.25) is 11.9 Å². The van der Waals surface area contributed by atoms with Crippen molar-refractivity contribution in [2.75, 3.05) is 23.4 Å².